The smallest absolute Gasteiger partial charge is 0.274 e. The van der Waals surface area contributed by atoms with Gasteiger partial charge < -0.3 is 15.4 Å². The topological polar surface area (TPSA) is 127 Å². The van der Waals surface area contributed by atoms with E-state index >= 15 is 0 Å². The molecule has 0 radical (unpaired) electrons. The maximum atomic E-state index is 12.7. The minimum absolute atomic E-state index is 0.180. The molecule has 0 atom stereocenters. The van der Waals surface area contributed by atoms with E-state index in [1.54, 1.807) is 28.6 Å². The van der Waals surface area contributed by atoms with Gasteiger partial charge in [-0.1, -0.05) is 0 Å². The third-order valence-electron chi connectivity index (χ3n) is 5.69. The first kappa shape index (κ1) is 18.9. The number of nitrogens with zero attached hydrogens (tertiary/aromatic N) is 4. The van der Waals surface area contributed by atoms with Crippen LogP contribution in [0, 0.1) is 0 Å². The van der Waals surface area contributed by atoms with E-state index < -0.39 is 5.60 Å². The number of hydrogen-bond acceptors (Lipinski definition) is 8. The zero-order valence-corrected chi connectivity index (χ0v) is 16.9. The summed E-state index contributed by atoms with van der Waals surface area (Å²) < 4.78 is 6.30. The molecule has 3 aromatic rings. The van der Waals surface area contributed by atoms with E-state index in [2.05, 4.69) is 26.2 Å². The Morgan fingerprint density at radius 2 is 2.07 bits per heavy atom. The van der Waals surface area contributed by atoms with Crippen LogP contribution in [-0.2, 0) is 16.8 Å². The Labute approximate surface area is 175 Å². The molecule has 2 aliphatic heterocycles. The number of rotatable bonds is 2. The van der Waals surface area contributed by atoms with Gasteiger partial charge in [0.15, 0.2) is 0 Å². The molecule has 0 saturated carbocycles. The zero-order valence-electron chi connectivity index (χ0n) is 16.1. The first-order valence-electron chi connectivity index (χ1n) is 9.74. The molecule has 1 fully saturated rings. The third-order valence-corrected chi connectivity index (χ3v) is 6.91. The molecule has 3 N–H and O–H groups in total. The van der Waals surface area contributed by atoms with E-state index in [0.717, 1.165) is 17.0 Å². The lowest BCUT2D eigenvalue weighted by molar-refractivity contribution is -0.0926. The van der Waals surface area contributed by atoms with Crippen molar-refractivity contribution in [2.45, 2.75) is 24.9 Å². The van der Waals surface area contributed by atoms with Crippen LogP contribution in [0.4, 0.5) is 5.82 Å². The van der Waals surface area contributed by atoms with Gasteiger partial charge >= 0.3 is 0 Å². The zero-order chi connectivity index (χ0) is 20.7. The maximum Gasteiger partial charge on any atom is 0.274 e. The van der Waals surface area contributed by atoms with E-state index in [-0.39, 0.29) is 17.2 Å². The molecule has 0 aliphatic carbocycles. The van der Waals surface area contributed by atoms with Crippen molar-refractivity contribution in [3.63, 3.8) is 0 Å². The van der Waals surface area contributed by atoms with Crippen molar-refractivity contribution < 1.29 is 9.53 Å². The van der Waals surface area contributed by atoms with Crippen molar-refractivity contribution in [2.24, 2.45) is 0 Å². The van der Waals surface area contributed by atoms with Crippen molar-refractivity contribution in [1.29, 1.82) is 0 Å². The minimum Gasteiger partial charge on any atom is -0.382 e. The van der Waals surface area contributed by atoms with Crippen molar-refractivity contribution in [1.82, 2.24) is 25.1 Å². The standard InChI is InChI=1S/C20H20N6O3S/c21-17-11-22-14(10-23-17)16-9-12-15(30-16)3-8-29-20(12)4-6-26(7-5-20)19(28)13-1-2-18(27)25-24-13/h1-2,9-11H,3-8H2,(H2,21,23)(H,25,27). The van der Waals surface area contributed by atoms with Crippen LogP contribution in [0.5, 0.6) is 0 Å². The first-order valence-corrected chi connectivity index (χ1v) is 10.6. The SMILES string of the molecule is Nc1cnc(-c2cc3c(s2)CCOC32CCN(C(=O)c3ccc(=O)[nH]n3)CC2)cn1. The number of anilines is 1. The van der Waals surface area contributed by atoms with Crippen LogP contribution in [0.25, 0.3) is 10.6 Å². The number of thiophene rings is 1. The van der Waals surface area contributed by atoms with Gasteiger partial charge in [-0.05, 0) is 30.5 Å². The fourth-order valence-electron chi connectivity index (χ4n) is 4.12. The summed E-state index contributed by atoms with van der Waals surface area (Å²) >= 11 is 1.72. The maximum absolute atomic E-state index is 12.7. The summed E-state index contributed by atoms with van der Waals surface area (Å²) in [4.78, 5) is 36.6. The van der Waals surface area contributed by atoms with Crippen LogP contribution < -0.4 is 11.3 Å². The lowest BCUT2D eigenvalue weighted by Crippen LogP contribution is -2.48. The number of aromatic nitrogens is 4. The second kappa shape index (κ2) is 7.29. The summed E-state index contributed by atoms with van der Waals surface area (Å²) in [6.45, 7) is 1.79. The Morgan fingerprint density at radius 1 is 1.23 bits per heavy atom. The lowest BCUT2D eigenvalue weighted by atomic mass is 9.82. The highest BCUT2D eigenvalue weighted by Crippen LogP contribution is 2.46. The summed E-state index contributed by atoms with van der Waals surface area (Å²) in [7, 11) is 0. The Morgan fingerprint density at radius 3 is 2.77 bits per heavy atom. The molecular formula is C20H20N6O3S. The number of H-pyrrole nitrogens is 1. The number of hydrogen-bond donors (Lipinski definition) is 2. The first-order chi connectivity index (χ1) is 14.5. The fraction of sp³-hybridized carbons (Fsp3) is 0.350. The highest BCUT2D eigenvalue weighted by molar-refractivity contribution is 7.15. The van der Waals surface area contributed by atoms with Crippen LogP contribution in [-0.4, -0.2) is 50.7 Å². The molecular weight excluding hydrogens is 404 g/mol. The van der Waals surface area contributed by atoms with Crippen LogP contribution in [0.2, 0.25) is 0 Å². The molecule has 5 heterocycles. The summed E-state index contributed by atoms with van der Waals surface area (Å²) in [5.74, 6) is 0.217. The van der Waals surface area contributed by atoms with Crippen LogP contribution in [0.1, 0.15) is 33.8 Å². The van der Waals surface area contributed by atoms with E-state index in [4.69, 9.17) is 10.5 Å². The van der Waals surface area contributed by atoms with Crippen LogP contribution >= 0.6 is 11.3 Å². The summed E-state index contributed by atoms with van der Waals surface area (Å²) in [5.41, 5.74) is 7.18. The molecule has 30 heavy (non-hydrogen) atoms. The lowest BCUT2D eigenvalue weighted by Gasteiger charge is -2.44. The molecule has 10 heteroatoms. The number of carbonyl (C=O) groups excluding carboxylic acids is 1. The number of fused-ring (bicyclic) bond motifs is 2. The molecule has 3 aromatic heterocycles. The number of nitrogens with one attached hydrogen (secondary N) is 1. The number of ether oxygens (including phenoxy) is 1. The second-order valence-electron chi connectivity index (χ2n) is 7.47. The summed E-state index contributed by atoms with van der Waals surface area (Å²) in [5, 5.41) is 6.17. The highest BCUT2D eigenvalue weighted by atomic mass is 32.1. The minimum atomic E-state index is -0.390. The van der Waals surface area contributed by atoms with Crippen molar-refractivity contribution in [2.75, 3.05) is 25.4 Å². The fourth-order valence-corrected chi connectivity index (χ4v) is 5.31. The number of piperidine rings is 1. The quantitative estimate of drug-likeness (QED) is 0.639. The van der Waals surface area contributed by atoms with Gasteiger partial charge in [0.1, 0.15) is 11.5 Å². The highest BCUT2D eigenvalue weighted by Gasteiger charge is 2.43. The molecule has 0 bridgehead atoms. The van der Waals surface area contributed by atoms with Gasteiger partial charge in [-0.15, -0.1) is 11.3 Å². The van der Waals surface area contributed by atoms with Crippen molar-refractivity contribution in [3.05, 3.63) is 57.1 Å². The Balaban J connectivity index is 1.37. The van der Waals surface area contributed by atoms with Crippen molar-refractivity contribution in [3.8, 4) is 10.6 Å². The number of aromatic amines is 1. The summed E-state index contributed by atoms with van der Waals surface area (Å²) in [6, 6.07) is 4.93. The monoisotopic (exact) mass is 424 g/mol. The van der Waals surface area contributed by atoms with Gasteiger partial charge in [0.2, 0.25) is 0 Å². The molecule has 1 amide bonds. The molecule has 5 rings (SSSR count). The van der Waals surface area contributed by atoms with E-state index in [0.29, 0.717) is 38.4 Å². The molecule has 0 aromatic carbocycles. The molecule has 9 nitrogen and oxygen atoms in total. The average Bonchev–Trinajstić information content (AvgIpc) is 3.21. The van der Waals surface area contributed by atoms with Crippen molar-refractivity contribution >= 4 is 23.1 Å². The Kier molecular flexibility index (Phi) is 4.59. The van der Waals surface area contributed by atoms with Gasteiger partial charge in [0.05, 0.1) is 35.2 Å². The third kappa shape index (κ3) is 3.27. The normalized spacial score (nSPS) is 17.7. The van der Waals surface area contributed by atoms with E-state index in [1.807, 2.05) is 0 Å². The average molecular weight is 424 g/mol. The van der Waals surface area contributed by atoms with Crippen LogP contribution in [0.15, 0.2) is 35.4 Å². The predicted molar refractivity (Wildman–Crippen MR) is 111 cm³/mol. The largest absolute Gasteiger partial charge is 0.382 e. The molecule has 0 unspecified atom stereocenters. The molecule has 1 saturated heterocycles. The predicted octanol–water partition coefficient (Wildman–Crippen LogP) is 1.57. The van der Waals surface area contributed by atoms with Gasteiger partial charge in [-0.25, -0.2) is 15.1 Å². The number of carbonyl (C=O) groups is 1. The molecule has 2 aliphatic rings. The second-order valence-corrected chi connectivity index (χ2v) is 8.60. The van der Waals surface area contributed by atoms with E-state index in [1.165, 1.54) is 22.6 Å². The Hall–Kier alpha value is -3.11. The number of amides is 1. The van der Waals surface area contributed by atoms with Crippen LogP contribution in [0.3, 0.4) is 0 Å². The molecule has 1 spiro atoms. The molecule has 154 valence electrons. The summed E-state index contributed by atoms with van der Waals surface area (Å²) in [6.07, 6.45) is 5.54. The van der Waals surface area contributed by atoms with Gasteiger partial charge in [-0.2, -0.15) is 5.10 Å². The Bertz CT molecular complexity index is 1130. The van der Waals surface area contributed by atoms with Gasteiger partial charge in [0, 0.05) is 30.5 Å². The number of nitrogens with two attached hydrogens (primary N) is 1. The van der Waals surface area contributed by atoms with Gasteiger partial charge in [0.25, 0.3) is 11.5 Å². The van der Waals surface area contributed by atoms with Gasteiger partial charge in [-0.3, -0.25) is 9.59 Å². The number of likely N-dealkylation sites (tertiary alicyclic amines) is 1. The van der Waals surface area contributed by atoms with E-state index in [9.17, 15) is 9.59 Å². The number of nitrogen functional groups attached to an aromatic ring is 1.